The first-order valence-corrected chi connectivity index (χ1v) is 5.58. The predicted octanol–water partition coefficient (Wildman–Crippen LogP) is 3.52. The summed E-state index contributed by atoms with van der Waals surface area (Å²) in [6, 6.07) is 8.93. The van der Waals surface area contributed by atoms with Crippen LogP contribution < -0.4 is 0 Å². The SMILES string of the molecule is Cc1occc1C(=O)/C(C#N)=C/c1ccc(F)cc1. The molecule has 0 unspecified atom stereocenters. The van der Waals surface area contributed by atoms with Crippen LogP contribution in [0.4, 0.5) is 4.39 Å². The normalized spacial score (nSPS) is 11.1. The largest absolute Gasteiger partial charge is 0.469 e. The zero-order chi connectivity index (χ0) is 13.8. The highest BCUT2D eigenvalue weighted by Gasteiger charge is 2.16. The second kappa shape index (κ2) is 5.32. The van der Waals surface area contributed by atoms with Crippen LogP contribution in [-0.4, -0.2) is 5.78 Å². The molecule has 2 rings (SSSR count). The minimum absolute atomic E-state index is 0.0175. The molecule has 0 bridgehead atoms. The van der Waals surface area contributed by atoms with Gasteiger partial charge in [-0.25, -0.2) is 4.39 Å². The van der Waals surface area contributed by atoms with Gasteiger partial charge in [-0.05, 0) is 36.8 Å². The minimum atomic E-state index is -0.405. The molecule has 0 atom stereocenters. The fourth-order valence-corrected chi connectivity index (χ4v) is 1.64. The first kappa shape index (κ1) is 12.8. The van der Waals surface area contributed by atoms with Crippen molar-refractivity contribution in [3.63, 3.8) is 0 Å². The number of aryl methyl sites for hydroxylation is 1. The number of Topliss-reactive ketones (excluding diaryl/α,β-unsaturated/α-hetero) is 1. The number of carbonyl (C=O) groups excluding carboxylic acids is 1. The number of ketones is 1. The van der Waals surface area contributed by atoms with Gasteiger partial charge in [-0.1, -0.05) is 12.1 Å². The third-order valence-electron chi connectivity index (χ3n) is 2.65. The molecule has 1 heterocycles. The maximum Gasteiger partial charge on any atom is 0.207 e. The van der Waals surface area contributed by atoms with E-state index in [0.29, 0.717) is 16.9 Å². The van der Waals surface area contributed by atoms with Gasteiger partial charge < -0.3 is 4.42 Å². The van der Waals surface area contributed by atoms with Crippen molar-refractivity contribution < 1.29 is 13.6 Å². The first-order chi connectivity index (χ1) is 9.11. The van der Waals surface area contributed by atoms with Gasteiger partial charge in [0.2, 0.25) is 5.78 Å². The number of nitriles is 1. The molecule has 1 aromatic heterocycles. The van der Waals surface area contributed by atoms with Crippen LogP contribution in [-0.2, 0) is 0 Å². The Morgan fingerprint density at radius 2 is 2.00 bits per heavy atom. The van der Waals surface area contributed by atoms with Gasteiger partial charge in [-0.3, -0.25) is 4.79 Å². The molecule has 1 aromatic carbocycles. The van der Waals surface area contributed by atoms with E-state index in [9.17, 15) is 9.18 Å². The zero-order valence-electron chi connectivity index (χ0n) is 10.2. The molecule has 0 spiro atoms. The van der Waals surface area contributed by atoms with Crippen molar-refractivity contribution in [1.29, 1.82) is 5.26 Å². The number of benzene rings is 1. The Morgan fingerprint density at radius 1 is 1.32 bits per heavy atom. The van der Waals surface area contributed by atoms with Crippen molar-refractivity contribution in [2.45, 2.75) is 6.92 Å². The summed E-state index contributed by atoms with van der Waals surface area (Å²) in [6.45, 7) is 1.65. The lowest BCUT2D eigenvalue weighted by Gasteiger charge is -1.98. The fraction of sp³-hybridized carbons (Fsp3) is 0.0667. The number of allylic oxidation sites excluding steroid dienone is 1. The van der Waals surface area contributed by atoms with Gasteiger partial charge in [0.1, 0.15) is 23.2 Å². The van der Waals surface area contributed by atoms with Gasteiger partial charge in [0.15, 0.2) is 0 Å². The van der Waals surface area contributed by atoms with E-state index in [-0.39, 0.29) is 11.4 Å². The van der Waals surface area contributed by atoms with Crippen LogP contribution in [0.3, 0.4) is 0 Å². The van der Waals surface area contributed by atoms with E-state index in [2.05, 4.69) is 0 Å². The van der Waals surface area contributed by atoms with Gasteiger partial charge in [-0.2, -0.15) is 5.26 Å². The zero-order valence-corrected chi connectivity index (χ0v) is 10.2. The lowest BCUT2D eigenvalue weighted by atomic mass is 10.0. The van der Waals surface area contributed by atoms with Crippen molar-refractivity contribution in [3.8, 4) is 6.07 Å². The van der Waals surface area contributed by atoms with Crippen LogP contribution in [0.5, 0.6) is 0 Å². The molecule has 19 heavy (non-hydrogen) atoms. The molecule has 0 aliphatic rings. The molecular weight excluding hydrogens is 245 g/mol. The van der Waals surface area contributed by atoms with Crippen molar-refractivity contribution in [1.82, 2.24) is 0 Å². The Balaban J connectivity index is 2.36. The second-order valence-corrected chi connectivity index (χ2v) is 3.94. The van der Waals surface area contributed by atoms with Crippen molar-refractivity contribution in [3.05, 3.63) is 64.9 Å². The van der Waals surface area contributed by atoms with Crippen LogP contribution in [0.1, 0.15) is 21.7 Å². The topological polar surface area (TPSA) is 54.0 Å². The Morgan fingerprint density at radius 3 is 2.53 bits per heavy atom. The molecule has 0 saturated carbocycles. The van der Waals surface area contributed by atoms with Gasteiger partial charge >= 0.3 is 0 Å². The summed E-state index contributed by atoms with van der Waals surface area (Å²) in [5, 5.41) is 9.06. The number of hydrogen-bond donors (Lipinski definition) is 0. The minimum Gasteiger partial charge on any atom is -0.469 e. The van der Waals surface area contributed by atoms with Crippen LogP contribution in [0, 0.1) is 24.1 Å². The van der Waals surface area contributed by atoms with Crippen LogP contribution in [0.25, 0.3) is 6.08 Å². The van der Waals surface area contributed by atoms with Crippen molar-refractivity contribution in [2.75, 3.05) is 0 Å². The lowest BCUT2D eigenvalue weighted by Crippen LogP contribution is -2.02. The summed E-state index contributed by atoms with van der Waals surface area (Å²) >= 11 is 0. The van der Waals surface area contributed by atoms with E-state index in [1.54, 1.807) is 6.92 Å². The predicted molar refractivity (Wildman–Crippen MR) is 67.8 cm³/mol. The number of hydrogen-bond acceptors (Lipinski definition) is 3. The summed E-state index contributed by atoms with van der Waals surface area (Å²) in [6.07, 6.45) is 2.82. The summed E-state index contributed by atoms with van der Waals surface area (Å²) in [4.78, 5) is 12.1. The first-order valence-electron chi connectivity index (χ1n) is 5.58. The van der Waals surface area contributed by atoms with Crippen LogP contribution in [0.15, 0.2) is 46.6 Å². The standard InChI is InChI=1S/C15H10FNO2/c1-10-14(6-7-19-10)15(18)12(9-17)8-11-2-4-13(16)5-3-11/h2-8H,1H3/b12-8+. The smallest absolute Gasteiger partial charge is 0.207 e. The van der Waals surface area contributed by atoms with E-state index in [1.165, 1.54) is 42.7 Å². The summed E-state index contributed by atoms with van der Waals surface area (Å²) in [7, 11) is 0. The number of halogens is 1. The summed E-state index contributed by atoms with van der Waals surface area (Å²) < 4.78 is 17.8. The third-order valence-corrected chi connectivity index (χ3v) is 2.65. The van der Waals surface area contributed by atoms with Crippen molar-refractivity contribution >= 4 is 11.9 Å². The van der Waals surface area contributed by atoms with Gasteiger partial charge in [0, 0.05) is 0 Å². The van der Waals surface area contributed by atoms with E-state index in [0.717, 1.165) is 0 Å². The van der Waals surface area contributed by atoms with E-state index >= 15 is 0 Å². The average molecular weight is 255 g/mol. The number of nitrogens with zero attached hydrogens (tertiary/aromatic N) is 1. The van der Waals surface area contributed by atoms with Crippen LogP contribution >= 0.6 is 0 Å². The van der Waals surface area contributed by atoms with Crippen molar-refractivity contribution in [2.24, 2.45) is 0 Å². The molecule has 0 N–H and O–H groups in total. The quantitative estimate of drug-likeness (QED) is 0.479. The molecule has 94 valence electrons. The molecular formula is C15H10FNO2. The Kier molecular flexibility index (Phi) is 3.58. The summed E-state index contributed by atoms with van der Waals surface area (Å²) in [5.41, 5.74) is 0.929. The molecule has 0 saturated heterocycles. The Labute approximate surface area is 109 Å². The highest BCUT2D eigenvalue weighted by atomic mass is 19.1. The molecule has 0 fully saturated rings. The number of carbonyl (C=O) groups is 1. The molecule has 0 amide bonds. The third kappa shape index (κ3) is 2.78. The molecule has 3 nitrogen and oxygen atoms in total. The average Bonchev–Trinajstić information content (AvgIpc) is 2.83. The highest BCUT2D eigenvalue weighted by molar-refractivity contribution is 6.14. The molecule has 0 radical (unpaired) electrons. The monoisotopic (exact) mass is 255 g/mol. The summed E-state index contributed by atoms with van der Waals surface area (Å²) in [5.74, 6) is -0.309. The van der Waals surface area contributed by atoms with Gasteiger partial charge in [0.05, 0.1) is 11.8 Å². The molecule has 4 heteroatoms. The fourth-order valence-electron chi connectivity index (χ4n) is 1.64. The van der Waals surface area contributed by atoms with E-state index < -0.39 is 5.78 Å². The van der Waals surface area contributed by atoms with Gasteiger partial charge in [-0.15, -0.1) is 0 Å². The van der Waals surface area contributed by atoms with Crippen LogP contribution in [0.2, 0.25) is 0 Å². The highest BCUT2D eigenvalue weighted by Crippen LogP contribution is 2.16. The maximum atomic E-state index is 12.8. The van der Waals surface area contributed by atoms with E-state index in [4.69, 9.17) is 9.68 Å². The Hall–Kier alpha value is -2.67. The maximum absolute atomic E-state index is 12.8. The molecule has 0 aliphatic heterocycles. The molecule has 0 aliphatic carbocycles. The van der Waals surface area contributed by atoms with Gasteiger partial charge in [0.25, 0.3) is 0 Å². The molecule has 2 aromatic rings. The lowest BCUT2D eigenvalue weighted by molar-refractivity contribution is 0.103. The number of rotatable bonds is 3. The van der Waals surface area contributed by atoms with E-state index in [1.807, 2.05) is 6.07 Å². The second-order valence-electron chi connectivity index (χ2n) is 3.94. The number of furan rings is 1. The Bertz CT molecular complexity index is 675.